The topological polar surface area (TPSA) is 54.5 Å². The van der Waals surface area contributed by atoms with Gasteiger partial charge in [0, 0.05) is 19.2 Å². The minimum absolute atomic E-state index is 0.0232. The lowest BCUT2D eigenvalue weighted by Gasteiger charge is -2.19. The van der Waals surface area contributed by atoms with E-state index < -0.39 is 10.0 Å². The highest BCUT2D eigenvalue weighted by Crippen LogP contribution is 2.06. The summed E-state index contributed by atoms with van der Waals surface area (Å²) in [5.74, 6) is -0.0232. The zero-order valence-corrected chi connectivity index (χ0v) is 6.97. The zero-order chi connectivity index (χ0) is 8.48. The summed E-state index contributed by atoms with van der Waals surface area (Å²) in [4.78, 5) is 10.6. The zero-order valence-electron chi connectivity index (χ0n) is 6.15. The van der Waals surface area contributed by atoms with E-state index in [4.69, 9.17) is 0 Å². The summed E-state index contributed by atoms with van der Waals surface area (Å²) < 4.78 is 22.9. The lowest BCUT2D eigenvalue weighted by atomic mass is 10.2. The summed E-state index contributed by atoms with van der Waals surface area (Å²) in [5, 5.41) is 0. The van der Waals surface area contributed by atoms with Gasteiger partial charge in [0.25, 0.3) is 0 Å². The molecule has 0 unspecified atom stereocenters. The number of carbonyl (C=O) groups excluding carboxylic acids is 1. The molecule has 11 heavy (non-hydrogen) atoms. The summed E-state index contributed by atoms with van der Waals surface area (Å²) in [5.41, 5.74) is 0. The molecule has 0 amide bonds. The second-order valence-electron chi connectivity index (χ2n) is 2.41. The van der Waals surface area contributed by atoms with Crippen molar-refractivity contribution in [1.82, 2.24) is 4.31 Å². The Morgan fingerprint density at radius 3 is 2.55 bits per heavy atom. The average molecular weight is 175 g/mol. The molecule has 1 aliphatic heterocycles. The maximum Gasteiger partial charge on any atom is 0.231 e. The molecule has 0 bridgehead atoms. The molecule has 0 N–H and O–H groups in total. The van der Waals surface area contributed by atoms with E-state index >= 15 is 0 Å². The van der Waals surface area contributed by atoms with Gasteiger partial charge in [-0.25, -0.2) is 8.42 Å². The van der Waals surface area contributed by atoms with Crippen molar-refractivity contribution in [1.29, 1.82) is 0 Å². The first-order chi connectivity index (χ1) is 5.00. The third kappa shape index (κ3) is 2.04. The molecule has 1 rings (SSSR count). The standard InChI is InChI=1S/C6H9NO3S/c1-11(9,10)7-4-2-6(8)3-5-7/h2,4H,3,5H2,1H3. The number of allylic oxidation sites excluding steroid dienone is 1. The van der Waals surface area contributed by atoms with E-state index in [-0.39, 0.29) is 18.7 Å². The molecule has 62 valence electrons. The van der Waals surface area contributed by atoms with Crippen LogP contribution in [-0.2, 0) is 14.8 Å². The van der Waals surface area contributed by atoms with E-state index in [1.165, 1.54) is 12.3 Å². The van der Waals surface area contributed by atoms with Crippen LogP contribution in [0.1, 0.15) is 6.42 Å². The molecule has 5 heteroatoms. The van der Waals surface area contributed by atoms with Gasteiger partial charge in [0.2, 0.25) is 10.0 Å². The van der Waals surface area contributed by atoms with E-state index in [2.05, 4.69) is 0 Å². The second kappa shape index (κ2) is 2.65. The van der Waals surface area contributed by atoms with Crippen LogP contribution in [0.2, 0.25) is 0 Å². The molecular weight excluding hydrogens is 166 g/mol. The van der Waals surface area contributed by atoms with Crippen molar-refractivity contribution in [2.24, 2.45) is 0 Å². The number of hydrogen-bond donors (Lipinski definition) is 0. The van der Waals surface area contributed by atoms with Gasteiger partial charge in [0.05, 0.1) is 6.26 Å². The van der Waals surface area contributed by atoms with Crippen molar-refractivity contribution < 1.29 is 13.2 Å². The van der Waals surface area contributed by atoms with Gasteiger partial charge in [-0.1, -0.05) is 0 Å². The maximum atomic E-state index is 10.9. The van der Waals surface area contributed by atoms with E-state index in [1.54, 1.807) is 0 Å². The van der Waals surface area contributed by atoms with Gasteiger partial charge in [-0.3, -0.25) is 9.10 Å². The van der Waals surface area contributed by atoms with Crippen molar-refractivity contribution in [2.75, 3.05) is 12.8 Å². The molecule has 4 nitrogen and oxygen atoms in total. The van der Waals surface area contributed by atoms with Gasteiger partial charge in [-0.15, -0.1) is 0 Å². The quantitative estimate of drug-likeness (QED) is 0.551. The van der Waals surface area contributed by atoms with Gasteiger partial charge < -0.3 is 0 Å². The molecule has 0 saturated carbocycles. The number of sulfonamides is 1. The molecule has 0 spiro atoms. The number of nitrogens with zero attached hydrogens (tertiary/aromatic N) is 1. The Bertz CT molecular complexity index is 291. The van der Waals surface area contributed by atoms with Crippen LogP contribution < -0.4 is 0 Å². The Morgan fingerprint density at radius 1 is 1.55 bits per heavy atom. The van der Waals surface area contributed by atoms with Crippen LogP contribution in [0, 0.1) is 0 Å². The van der Waals surface area contributed by atoms with Crippen LogP contribution >= 0.6 is 0 Å². The van der Waals surface area contributed by atoms with Crippen LogP contribution in [0.3, 0.4) is 0 Å². The van der Waals surface area contributed by atoms with Crippen LogP contribution in [0.15, 0.2) is 12.3 Å². The molecule has 0 radical (unpaired) electrons. The van der Waals surface area contributed by atoms with Crippen LogP contribution in [0.5, 0.6) is 0 Å². The van der Waals surface area contributed by atoms with Crippen LogP contribution in [-0.4, -0.2) is 31.3 Å². The highest BCUT2D eigenvalue weighted by Gasteiger charge is 2.16. The smallest absolute Gasteiger partial charge is 0.231 e. The first-order valence-electron chi connectivity index (χ1n) is 3.18. The van der Waals surface area contributed by atoms with Gasteiger partial charge in [0.15, 0.2) is 5.78 Å². The van der Waals surface area contributed by atoms with E-state index in [0.29, 0.717) is 0 Å². The third-order valence-electron chi connectivity index (χ3n) is 1.43. The lowest BCUT2D eigenvalue weighted by molar-refractivity contribution is -0.115. The minimum atomic E-state index is -3.16. The second-order valence-corrected chi connectivity index (χ2v) is 4.34. The summed E-state index contributed by atoms with van der Waals surface area (Å²) in [6.45, 7) is 0.272. The SMILES string of the molecule is CS(=O)(=O)N1C=CC(=O)CC1. The number of ketones is 1. The molecule has 0 saturated heterocycles. The maximum absolute atomic E-state index is 10.9. The average Bonchev–Trinajstić information content (AvgIpc) is 1.86. The van der Waals surface area contributed by atoms with Crippen LogP contribution in [0.4, 0.5) is 0 Å². The molecule has 1 aliphatic rings. The number of rotatable bonds is 1. The molecular formula is C6H9NO3S. The first-order valence-corrected chi connectivity index (χ1v) is 5.03. The van der Waals surface area contributed by atoms with Gasteiger partial charge >= 0.3 is 0 Å². The fraction of sp³-hybridized carbons (Fsp3) is 0.500. The lowest BCUT2D eigenvalue weighted by Crippen LogP contribution is -2.29. The summed E-state index contributed by atoms with van der Waals surface area (Å²) in [6, 6.07) is 0. The third-order valence-corrected chi connectivity index (χ3v) is 2.59. The Labute approximate surface area is 65.6 Å². The predicted molar refractivity (Wildman–Crippen MR) is 40.3 cm³/mol. The molecule has 0 atom stereocenters. The Hall–Kier alpha value is -0.840. The molecule has 1 heterocycles. The monoisotopic (exact) mass is 175 g/mol. The molecule has 0 aliphatic carbocycles. The molecule has 0 fully saturated rings. The summed E-state index contributed by atoms with van der Waals surface area (Å²) in [7, 11) is -3.16. The Balaban J connectivity index is 2.81. The van der Waals surface area contributed by atoms with Crippen molar-refractivity contribution >= 4 is 15.8 Å². The van der Waals surface area contributed by atoms with E-state index in [9.17, 15) is 13.2 Å². The van der Waals surface area contributed by atoms with Gasteiger partial charge in [-0.05, 0) is 6.08 Å². The molecule has 0 aromatic rings. The Morgan fingerprint density at radius 2 is 2.18 bits per heavy atom. The van der Waals surface area contributed by atoms with Gasteiger partial charge in [-0.2, -0.15) is 0 Å². The fourth-order valence-electron chi connectivity index (χ4n) is 0.821. The van der Waals surface area contributed by atoms with Crippen molar-refractivity contribution in [2.45, 2.75) is 6.42 Å². The Kier molecular flexibility index (Phi) is 1.99. The molecule has 0 aromatic heterocycles. The molecule has 0 aromatic carbocycles. The van der Waals surface area contributed by atoms with E-state index in [1.807, 2.05) is 0 Å². The van der Waals surface area contributed by atoms with E-state index in [0.717, 1.165) is 10.6 Å². The number of hydrogen-bond acceptors (Lipinski definition) is 3. The van der Waals surface area contributed by atoms with Crippen LogP contribution in [0.25, 0.3) is 0 Å². The highest BCUT2D eigenvalue weighted by atomic mass is 32.2. The first kappa shape index (κ1) is 8.26. The summed E-state index contributed by atoms with van der Waals surface area (Å²) in [6.07, 6.45) is 3.99. The van der Waals surface area contributed by atoms with Crippen molar-refractivity contribution in [3.05, 3.63) is 12.3 Å². The largest absolute Gasteiger partial charge is 0.295 e. The minimum Gasteiger partial charge on any atom is -0.295 e. The predicted octanol–water partition coefficient (Wildman–Crippen LogP) is -0.266. The summed E-state index contributed by atoms with van der Waals surface area (Å²) >= 11 is 0. The van der Waals surface area contributed by atoms with Crippen molar-refractivity contribution in [3.63, 3.8) is 0 Å². The normalized spacial score (nSPS) is 19.0. The highest BCUT2D eigenvalue weighted by molar-refractivity contribution is 7.88. The van der Waals surface area contributed by atoms with Crippen molar-refractivity contribution in [3.8, 4) is 0 Å². The fourth-order valence-corrected chi connectivity index (χ4v) is 1.53. The van der Waals surface area contributed by atoms with Gasteiger partial charge in [0.1, 0.15) is 0 Å². The number of carbonyl (C=O) groups is 1.